The molecule has 200 valence electrons. The Morgan fingerprint density at radius 1 is 1.08 bits per heavy atom. The monoisotopic (exact) mass is 547 g/mol. The first-order chi connectivity index (χ1) is 18.3. The van der Waals surface area contributed by atoms with E-state index in [1.165, 1.54) is 28.8 Å². The van der Waals surface area contributed by atoms with Gasteiger partial charge in [-0.05, 0) is 101 Å². The Morgan fingerprint density at radius 2 is 1.89 bits per heavy atom. The van der Waals surface area contributed by atoms with Crippen molar-refractivity contribution in [2.45, 2.75) is 72.8 Å². The van der Waals surface area contributed by atoms with E-state index in [0.29, 0.717) is 6.04 Å². The molecule has 4 rings (SSSR count). The van der Waals surface area contributed by atoms with E-state index < -0.39 is 0 Å². The summed E-state index contributed by atoms with van der Waals surface area (Å²) < 4.78 is 0. The average molecular weight is 549 g/mol. The van der Waals surface area contributed by atoms with Crippen molar-refractivity contribution in [3.05, 3.63) is 97.7 Å². The largest absolute Gasteiger partial charge is 0.294 e. The van der Waals surface area contributed by atoms with Crippen LogP contribution >= 0.6 is 23.2 Å². The van der Waals surface area contributed by atoms with Crippen LogP contribution in [0.4, 0.5) is 0 Å². The van der Waals surface area contributed by atoms with Crippen LogP contribution in [0, 0.1) is 0 Å². The van der Waals surface area contributed by atoms with Gasteiger partial charge in [0.25, 0.3) is 0 Å². The summed E-state index contributed by atoms with van der Waals surface area (Å²) >= 11 is 13.2. The zero-order chi connectivity index (χ0) is 27.2. The van der Waals surface area contributed by atoms with E-state index in [9.17, 15) is 0 Å². The molecule has 0 spiro atoms. The van der Waals surface area contributed by atoms with Crippen molar-refractivity contribution in [2.24, 2.45) is 9.98 Å². The molecule has 0 saturated carbocycles. The molecule has 2 aromatic rings. The predicted octanol–water partition coefficient (Wildman–Crippen LogP) is 9.13. The average Bonchev–Trinajstić information content (AvgIpc) is 2.90. The van der Waals surface area contributed by atoms with E-state index in [-0.39, 0.29) is 0 Å². The van der Waals surface area contributed by atoms with Crippen LogP contribution in [0.15, 0.2) is 75.4 Å². The fourth-order valence-corrected chi connectivity index (χ4v) is 5.89. The van der Waals surface area contributed by atoms with Gasteiger partial charge in [-0.2, -0.15) is 0 Å². The first kappa shape index (κ1) is 28.5. The second-order valence-electron chi connectivity index (χ2n) is 10.5. The molecule has 2 aromatic carbocycles. The summed E-state index contributed by atoms with van der Waals surface area (Å²) in [5.74, 6) is 0. The molecule has 0 amide bonds. The topological polar surface area (TPSA) is 28.0 Å². The standard InChI is InChI=1S/C33H39Cl2N3/c1-6-8-16-36-33(22(3)4)25-11-14-29(30(35)20-25)31(7-2)37-32-21-38(17-15-23(32)5)28-13-10-24-9-12-27(34)18-26(24)19-28/h6,8-9,11-12,14,16,18,20,28H,7,10,13,15,17,19,21H2,1-5H3/b8-6-,36-16?,37-31?. The summed E-state index contributed by atoms with van der Waals surface area (Å²) in [6.07, 6.45) is 11.0. The molecule has 2 aliphatic rings. The van der Waals surface area contributed by atoms with Crippen LogP contribution < -0.4 is 0 Å². The Kier molecular flexibility index (Phi) is 9.81. The number of fused-ring (bicyclic) bond motifs is 1. The minimum atomic E-state index is 0.526. The van der Waals surface area contributed by atoms with Gasteiger partial charge in [0, 0.05) is 47.2 Å². The Hall–Kier alpha value is -2.46. The van der Waals surface area contributed by atoms with E-state index in [1.54, 1.807) is 0 Å². The van der Waals surface area contributed by atoms with Crippen LogP contribution in [0.3, 0.4) is 0 Å². The summed E-state index contributed by atoms with van der Waals surface area (Å²) in [7, 11) is 0. The number of hydrogen-bond acceptors (Lipinski definition) is 3. The number of nitrogens with zero attached hydrogens (tertiary/aromatic N) is 3. The summed E-state index contributed by atoms with van der Waals surface area (Å²) in [6.45, 7) is 12.5. The number of aryl methyl sites for hydroxylation is 1. The molecule has 1 unspecified atom stereocenters. The predicted molar refractivity (Wildman–Crippen MR) is 166 cm³/mol. The van der Waals surface area contributed by atoms with Crippen LogP contribution in [-0.4, -0.2) is 36.0 Å². The van der Waals surface area contributed by atoms with E-state index in [0.717, 1.165) is 76.9 Å². The van der Waals surface area contributed by atoms with E-state index in [2.05, 4.69) is 61.9 Å². The van der Waals surface area contributed by atoms with Crippen molar-refractivity contribution in [1.82, 2.24) is 4.90 Å². The van der Waals surface area contributed by atoms with Gasteiger partial charge in [-0.1, -0.05) is 60.0 Å². The van der Waals surface area contributed by atoms with Gasteiger partial charge in [0.2, 0.25) is 0 Å². The molecule has 0 radical (unpaired) electrons. The second-order valence-corrected chi connectivity index (χ2v) is 11.4. The first-order valence-electron chi connectivity index (χ1n) is 13.7. The molecule has 3 nitrogen and oxygen atoms in total. The Labute approximate surface area is 238 Å². The minimum Gasteiger partial charge on any atom is -0.294 e. The van der Waals surface area contributed by atoms with E-state index in [4.69, 9.17) is 28.2 Å². The number of allylic oxidation sites excluding steroid dienone is 3. The molecule has 0 bridgehead atoms. The molecule has 1 atom stereocenters. The lowest BCUT2D eigenvalue weighted by atomic mass is 9.86. The van der Waals surface area contributed by atoms with Crippen LogP contribution in [0.5, 0.6) is 0 Å². The number of hydrogen-bond donors (Lipinski definition) is 0. The van der Waals surface area contributed by atoms with Gasteiger partial charge in [0.1, 0.15) is 0 Å². The van der Waals surface area contributed by atoms with E-state index in [1.807, 2.05) is 37.4 Å². The van der Waals surface area contributed by atoms with Crippen molar-refractivity contribution < 1.29 is 0 Å². The Bertz CT molecular complexity index is 1330. The molecule has 0 saturated heterocycles. The third kappa shape index (κ3) is 6.75. The molecule has 38 heavy (non-hydrogen) atoms. The van der Waals surface area contributed by atoms with E-state index >= 15 is 0 Å². The highest BCUT2D eigenvalue weighted by molar-refractivity contribution is 6.34. The van der Waals surface area contributed by atoms with Gasteiger partial charge in [-0.25, -0.2) is 0 Å². The maximum Gasteiger partial charge on any atom is 0.0688 e. The van der Waals surface area contributed by atoms with Gasteiger partial charge >= 0.3 is 0 Å². The Morgan fingerprint density at radius 3 is 2.61 bits per heavy atom. The minimum absolute atomic E-state index is 0.526. The maximum absolute atomic E-state index is 6.87. The second kappa shape index (κ2) is 13.1. The van der Waals surface area contributed by atoms with Gasteiger partial charge < -0.3 is 0 Å². The molecule has 0 N–H and O–H groups in total. The zero-order valence-electron chi connectivity index (χ0n) is 23.3. The molecule has 5 heteroatoms. The fraction of sp³-hybridized carbons (Fsp3) is 0.394. The highest BCUT2D eigenvalue weighted by Gasteiger charge is 2.28. The van der Waals surface area contributed by atoms with Gasteiger partial charge in [0.05, 0.1) is 16.4 Å². The quantitative estimate of drug-likeness (QED) is 0.317. The van der Waals surface area contributed by atoms with Crippen molar-refractivity contribution in [3.8, 4) is 0 Å². The van der Waals surface area contributed by atoms with Crippen LogP contribution in [0.1, 0.15) is 76.1 Å². The number of halogens is 2. The molecule has 0 fully saturated rings. The highest BCUT2D eigenvalue weighted by atomic mass is 35.5. The summed E-state index contributed by atoms with van der Waals surface area (Å²) in [5.41, 5.74) is 10.6. The summed E-state index contributed by atoms with van der Waals surface area (Å²) in [5, 5.41) is 1.55. The summed E-state index contributed by atoms with van der Waals surface area (Å²) in [4.78, 5) is 12.5. The summed E-state index contributed by atoms with van der Waals surface area (Å²) in [6, 6.07) is 13.1. The highest BCUT2D eigenvalue weighted by Crippen LogP contribution is 2.31. The van der Waals surface area contributed by atoms with Gasteiger partial charge in [-0.3, -0.25) is 14.9 Å². The molecular formula is C33H39Cl2N3. The van der Waals surface area contributed by atoms with Crippen molar-refractivity contribution >= 4 is 40.8 Å². The fourth-order valence-electron chi connectivity index (χ4n) is 5.41. The zero-order valence-corrected chi connectivity index (χ0v) is 24.8. The lowest BCUT2D eigenvalue weighted by Gasteiger charge is -2.38. The van der Waals surface area contributed by atoms with Crippen molar-refractivity contribution in [3.63, 3.8) is 0 Å². The molecular weight excluding hydrogens is 509 g/mol. The molecule has 0 aromatic heterocycles. The molecule has 1 heterocycles. The normalized spacial score (nSPS) is 18.9. The number of rotatable bonds is 7. The van der Waals surface area contributed by atoms with Crippen molar-refractivity contribution in [2.75, 3.05) is 13.1 Å². The molecule has 1 aliphatic carbocycles. The van der Waals surface area contributed by atoms with Gasteiger partial charge in [-0.15, -0.1) is 0 Å². The molecule has 1 aliphatic heterocycles. The first-order valence-corrected chi connectivity index (χ1v) is 14.5. The maximum atomic E-state index is 6.87. The number of aliphatic imine (C=N–C) groups is 2. The van der Waals surface area contributed by atoms with Gasteiger partial charge in [0.15, 0.2) is 0 Å². The lowest BCUT2D eigenvalue weighted by molar-refractivity contribution is 0.187. The third-order valence-corrected chi connectivity index (χ3v) is 8.17. The lowest BCUT2D eigenvalue weighted by Crippen LogP contribution is -2.43. The number of benzene rings is 2. The van der Waals surface area contributed by atoms with Crippen LogP contribution in [-0.2, 0) is 12.8 Å². The van der Waals surface area contributed by atoms with Crippen LogP contribution in [0.25, 0.3) is 5.70 Å². The third-order valence-electron chi connectivity index (χ3n) is 7.62. The van der Waals surface area contributed by atoms with Crippen LogP contribution in [0.2, 0.25) is 10.0 Å². The smallest absolute Gasteiger partial charge is 0.0688 e. The SMILES string of the molecule is C/C=C\C=NC(=C(C)C)c1ccc(C(CC)=NC2=C(C)CCN(C3CCc4ccc(Cl)cc4C3)C2)c(Cl)c1. The van der Waals surface area contributed by atoms with Crippen molar-refractivity contribution in [1.29, 1.82) is 0 Å². The Balaban J connectivity index is 1.56.